The van der Waals surface area contributed by atoms with E-state index in [0.717, 1.165) is 13.0 Å². The molecule has 1 aliphatic carbocycles. The molecule has 0 atom stereocenters. The van der Waals surface area contributed by atoms with Crippen molar-refractivity contribution in [3.63, 3.8) is 0 Å². The Morgan fingerprint density at radius 3 is 3.15 bits per heavy atom. The van der Waals surface area contributed by atoms with E-state index in [9.17, 15) is 0 Å². The van der Waals surface area contributed by atoms with Crippen LogP contribution in [0.3, 0.4) is 0 Å². The third-order valence-corrected chi connectivity index (χ3v) is 2.52. The van der Waals surface area contributed by atoms with Crippen LogP contribution in [0.5, 0.6) is 0 Å². The fourth-order valence-electron chi connectivity index (χ4n) is 1.93. The first kappa shape index (κ1) is 8.90. The zero-order chi connectivity index (χ0) is 7.97. The van der Waals surface area contributed by atoms with Gasteiger partial charge in [-0.25, -0.2) is 10.6 Å². The molecule has 0 bridgehead atoms. The van der Waals surface area contributed by atoms with Crippen LogP contribution in [-0.4, -0.2) is 0 Å². The van der Waals surface area contributed by atoms with Crippen molar-refractivity contribution in [3.05, 3.63) is 47.8 Å². The Kier molecular flexibility index (Phi) is 2.21. The van der Waals surface area contributed by atoms with Gasteiger partial charge in [0.05, 0.1) is 0 Å². The summed E-state index contributed by atoms with van der Waals surface area (Å²) in [5.74, 6) is 0. The molecule has 0 spiro atoms. The number of nitrogens with zero attached hydrogens (tertiary/aromatic N) is 1. The van der Waals surface area contributed by atoms with E-state index in [1.54, 1.807) is 0 Å². The summed E-state index contributed by atoms with van der Waals surface area (Å²) in [5, 5.41) is 0. The van der Waals surface area contributed by atoms with E-state index in [-0.39, 0.29) is 21.1 Å². The second-order valence-electron chi connectivity index (χ2n) is 3.26. The maximum atomic E-state index is 3.25. The van der Waals surface area contributed by atoms with Gasteiger partial charge in [0, 0.05) is 27.1 Å². The van der Waals surface area contributed by atoms with Crippen LogP contribution < -0.4 is 4.57 Å². The van der Waals surface area contributed by atoms with Crippen LogP contribution in [-0.2, 0) is 27.6 Å². The van der Waals surface area contributed by atoms with Crippen molar-refractivity contribution >= 4 is 5.57 Å². The van der Waals surface area contributed by atoms with Gasteiger partial charge in [-0.15, -0.1) is 5.57 Å². The molecule has 1 nitrogen and oxygen atoms in total. The number of allylic oxidation sites excluding steroid dienone is 4. The molecule has 0 N–H and O–H groups in total. The molecule has 0 amide bonds. The van der Waals surface area contributed by atoms with E-state index < -0.39 is 0 Å². The minimum absolute atomic E-state index is 0. The number of hydrogen-bond donors (Lipinski definition) is 0. The van der Waals surface area contributed by atoms with Crippen LogP contribution in [0.2, 0.25) is 0 Å². The van der Waals surface area contributed by atoms with Gasteiger partial charge >= 0.3 is 0 Å². The van der Waals surface area contributed by atoms with Gasteiger partial charge in [-0.2, -0.15) is 0 Å². The van der Waals surface area contributed by atoms with Gasteiger partial charge in [-0.05, 0) is 6.07 Å². The number of fused-ring (bicyclic) bond motifs is 2. The van der Waals surface area contributed by atoms with Gasteiger partial charge in [-0.1, -0.05) is 18.1 Å². The van der Waals surface area contributed by atoms with E-state index in [2.05, 4.69) is 41.1 Å². The molecule has 2 heterocycles. The molecule has 0 saturated heterocycles. The Bertz CT molecular complexity index is 404. The molecule has 0 unspecified atom stereocenters. The molecule has 2 aliphatic rings. The van der Waals surface area contributed by atoms with Gasteiger partial charge in [0.25, 0.3) is 0 Å². The van der Waals surface area contributed by atoms with Gasteiger partial charge in [-0.3, -0.25) is 6.08 Å². The Hall–Kier alpha value is -0.682. The SMILES string of the molecule is [C-]1=CC2=C(C1)C[n+]1ccccc12.[W]. The summed E-state index contributed by atoms with van der Waals surface area (Å²) in [6.07, 6.45) is 8.54. The van der Waals surface area contributed by atoms with Gasteiger partial charge in [0.15, 0.2) is 12.7 Å². The first-order chi connectivity index (χ1) is 5.95. The zero-order valence-electron chi connectivity index (χ0n) is 7.16. The topological polar surface area (TPSA) is 3.88 Å². The second kappa shape index (κ2) is 3.23. The fraction of sp³-hybridized carbons (Fsp3) is 0.182. The smallest absolute Gasteiger partial charge is 0.168 e. The van der Waals surface area contributed by atoms with Crippen molar-refractivity contribution in [2.24, 2.45) is 0 Å². The first-order valence-electron chi connectivity index (χ1n) is 4.22. The Morgan fingerprint density at radius 1 is 1.31 bits per heavy atom. The molecule has 1 aromatic rings. The average Bonchev–Trinajstić information content (AvgIpc) is 2.62. The predicted octanol–water partition coefficient (Wildman–Crippen LogP) is 1.50. The van der Waals surface area contributed by atoms with Crippen molar-refractivity contribution in [2.75, 3.05) is 0 Å². The first-order valence-corrected chi connectivity index (χ1v) is 4.22. The van der Waals surface area contributed by atoms with Crippen LogP contribution in [0.25, 0.3) is 5.57 Å². The average molecular weight is 339 g/mol. The van der Waals surface area contributed by atoms with Crippen molar-refractivity contribution in [3.8, 4) is 0 Å². The number of hydrogen-bond acceptors (Lipinski definition) is 0. The standard InChI is InChI=1S/C11H9N.W/c1-2-7-12-8-9-4-3-5-10(9)11(12)6-1;/h1-2,5-7H,4,8H2;. The molecule has 0 radical (unpaired) electrons. The van der Waals surface area contributed by atoms with Gasteiger partial charge in [0.1, 0.15) is 5.69 Å². The summed E-state index contributed by atoms with van der Waals surface area (Å²) in [6.45, 7) is 1.06. The van der Waals surface area contributed by atoms with E-state index in [1.165, 1.54) is 16.8 Å². The van der Waals surface area contributed by atoms with Crippen LogP contribution in [0, 0.1) is 6.08 Å². The van der Waals surface area contributed by atoms with Crippen LogP contribution in [0.4, 0.5) is 0 Å². The van der Waals surface area contributed by atoms with E-state index >= 15 is 0 Å². The largest absolute Gasteiger partial charge is 0.272 e. The van der Waals surface area contributed by atoms with Crippen LogP contribution in [0.15, 0.2) is 36.0 Å². The van der Waals surface area contributed by atoms with Crippen molar-refractivity contribution in [1.29, 1.82) is 0 Å². The predicted molar refractivity (Wildman–Crippen MR) is 46.0 cm³/mol. The summed E-state index contributed by atoms with van der Waals surface area (Å²) in [7, 11) is 0. The summed E-state index contributed by atoms with van der Waals surface area (Å²) in [6, 6.07) is 6.35. The minimum atomic E-state index is 0. The summed E-state index contributed by atoms with van der Waals surface area (Å²) in [5.41, 5.74) is 4.26. The molecule has 64 valence electrons. The molecular formula is C11H9NW. The number of pyridine rings is 1. The molecule has 3 rings (SSSR count). The Morgan fingerprint density at radius 2 is 2.23 bits per heavy atom. The maximum Gasteiger partial charge on any atom is 0.168 e. The van der Waals surface area contributed by atoms with Gasteiger partial charge in [0.2, 0.25) is 0 Å². The summed E-state index contributed by atoms with van der Waals surface area (Å²) >= 11 is 0. The number of rotatable bonds is 0. The Labute approximate surface area is 92.0 Å². The normalized spacial score (nSPS) is 16.9. The molecule has 1 aliphatic heterocycles. The van der Waals surface area contributed by atoms with E-state index in [1.807, 2.05) is 0 Å². The summed E-state index contributed by atoms with van der Waals surface area (Å²) < 4.78 is 2.29. The third kappa shape index (κ3) is 1.23. The molecule has 13 heavy (non-hydrogen) atoms. The monoisotopic (exact) mass is 339 g/mol. The molecule has 2 heteroatoms. The third-order valence-electron chi connectivity index (χ3n) is 2.52. The maximum absolute atomic E-state index is 3.25. The van der Waals surface area contributed by atoms with Gasteiger partial charge < -0.3 is 0 Å². The molecule has 1 aromatic heterocycles. The van der Waals surface area contributed by atoms with Crippen LogP contribution >= 0.6 is 0 Å². The molecule has 0 aromatic carbocycles. The fourth-order valence-corrected chi connectivity index (χ4v) is 1.93. The quantitative estimate of drug-likeness (QED) is 0.498. The van der Waals surface area contributed by atoms with Crippen molar-refractivity contribution in [2.45, 2.75) is 13.0 Å². The summed E-state index contributed by atoms with van der Waals surface area (Å²) in [4.78, 5) is 0. The number of aromatic nitrogens is 1. The molecule has 0 saturated carbocycles. The van der Waals surface area contributed by atoms with Crippen molar-refractivity contribution < 1.29 is 25.6 Å². The van der Waals surface area contributed by atoms with E-state index in [4.69, 9.17) is 0 Å². The second-order valence-corrected chi connectivity index (χ2v) is 3.26. The van der Waals surface area contributed by atoms with Crippen molar-refractivity contribution in [1.82, 2.24) is 0 Å². The zero-order valence-corrected chi connectivity index (χ0v) is 10.1. The molecular weight excluding hydrogens is 330 g/mol. The molecule has 0 fully saturated rings. The van der Waals surface area contributed by atoms with Crippen LogP contribution in [0.1, 0.15) is 12.1 Å². The Balaban J connectivity index is 0.000000653. The minimum Gasteiger partial charge on any atom is -0.272 e. The van der Waals surface area contributed by atoms with E-state index in [0.29, 0.717) is 0 Å².